The normalized spacial score (nSPS) is 12.7. The minimum atomic E-state index is -1.75. The summed E-state index contributed by atoms with van der Waals surface area (Å²) in [6.45, 7) is 1.39. The Balaban J connectivity index is 2.06. The molecule has 0 aliphatic carbocycles. The van der Waals surface area contributed by atoms with E-state index in [0.717, 1.165) is 0 Å². The third kappa shape index (κ3) is 3.93. The molecule has 0 bridgehead atoms. The van der Waals surface area contributed by atoms with Crippen LogP contribution in [0.15, 0.2) is 66.9 Å². The fourth-order valence-corrected chi connectivity index (χ4v) is 3.38. The van der Waals surface area contributed by atoms with Gasteiger partial charge in [-0.05, 0) is 25.1 Å². The van der Waals surface area contributed by atoms with Gasteiger partial charge in [0, 0.05) is 27.9 Å². The monoisotopic (exact) mass is 410 g/mol. The number of carboxylic acids is 1. The van der Waals surface area contributed by atoms with Crippen molar-refractivity contribution in [3.05, 3.63) is 83.1 Å². The zero-order chi connectivity index (χ0) is 21.0. The first-order valence-electron chi connectivity index (χ1n) is 8.78. The van der Waals surface area contributed by atoms with Gasteiger partial charge in [-0.25, -0.2) is 4.79 Å². The number of carboxylic acid groups (broad SMARTS) is 1. The highest BCUT2D eigenvalue weighted by molar-refractivity contribution is 6.31. The maximum atomic E-state index is 13.1. The summed E-state index contributed by atoms with van der Waals surface area (Å²) in [5, 5.41) is 12.7. The molecule has 0 saturated carbocycles. The van der Waals surface area contributed by atoms with Gasteiger partial charge in [-0.2, -0.15) is 0 Å². The summed E-state index contributed by atoms with van der Waals surface area (Å²) in [5.41, 5.74) is -0.198. The van der Waals surface area contributed by atoms with E-state index >= 15 is 0 Å². The van der Waals surface area contributed by atoms with E-state index in [9.17, 15) is 14.7 Å². The number of aliphatic carboxylic acids is 1. The topological polar surface area (TPSA) is 88.5 Å². The number of rotatable bonds is 6. The molecule has 1 amide bonds. The van der Waals surface area contributed by atoms with Crippen LogP contribution >= 0.6 is 11.6 Å². The van der Waals surface area contributed by atoms with Crippen molar-refractivity contribution in [2.45, 2.75) is 12.5 Å². The lowest BCUT2D eigenvalue weighted by Crippen LogP contribution is -2.50. The summed E-state index contributed by atoms with van der Waals surface area (Å²) >= 11 is 6.20. The molecule has 3 rings (SSSR count). The molecule has 1 aromatic heterocycles. The number of para-hydroxylation sites is 1. The van der Waals surface area contributed by atoms with Crippen molar-refractivity contribution in [1.82, 2.24) is 10.3 Å². The standard InChI is InChI=1S/C22H19ClN2O4/c1-22(21(27)28,16-10-4-5-11-17(16)23)25-20(26)19-15(9-7-13-24-19)14-8-3-6-12-18(14)29-2/h3-13H,1-2H3,(H,25,26)(H,27,28)/t22-/m0/s1. The van der Waals surface area contributed by atoms with Crippen LogP contribution in [0.4, 0.5) is 0 Å². The summed E-state index contributed by atoms with van der Waals surface area (Å²) in [6, 6.07) is 17.1. The number of carbonyl (C=O) groups excluding carboxylic acids is 1. The Hall–Kier alpha value is -3.38. The number of benzene rings is 2. The van der Waals surface area contributed by atoms with Gasteiger partial charge in [0.1, 0.15) is 11.4 Å². The quantitative estimate of drug-likeness (QED) is 0.637. The number of hydrogen-bond donors (Lipinski definition) is 2. The summed E-state index contributed by atoms with van der Waals surface area (Å²) < 4.78 is 5.39. The largest absolute Gasteiger partial charge is 0.496 e. The zero-order valence-electron chi connectivity index (χ0n) is 15.8. The number of aromatic nitrogens is 1. The number of carbonyl (C=O) groups is 2. The lowest BCUT2D eigenvalue weighted by Gasteiger charge is -2.28. The molecular formula is C22H19ClN2O4. The number of methoxy groups -OCH3 is 1. The predicted molar refractivity (Wildman–Crippen MR) is 110 cm³/mol. The van der Waals surface area contributed by atoms with Crippen molar-refractivity contribution >= 4 is 23.5 Å². The highest BCUT2D eigenvalue weighted by atomic mass is 35.5. The van der Waals surface area contributed by atoms with Gasteiger partial charge >= 0.3 is 5.97 Å². The van der Waals surface area contributed by atoms with Gasteiger partial charge in [-0.3, -0.25) is 9.78 Å². The molecule has 0 fully saturated rings. The number of amides is 1. The number of ether oxygens (including phenoxy) is 1. The van der Waals surface area contributed by atoms with Gasteiger partial charge in [0.2, 0.25) is 0 Å². The summed E-state index contributed by atoms with van der Waals surface area (Å²) in [7, 11) is 1.54. The first-order chi connectivity index (χ1) is 13.9. The van der Waals surface area contributed by atoms with E-state index in [4.69, 9.17) is 16.3 Å². The van der Waals surface area contributed by atoms with E-state index < -0.39 is 17.4 Å². The van der Waals surface area contributed by atoms with Crippen LogP contribution in [0.1, 0.15) is 23.0 Å². The van der Waals surface area contributed by atoms with Gasteiger partial charge in [0.25, 0.3) is 5.91 Å². The highest BCUT2D eigenvalue weighted by Crippen LogP contribution is 2.33. The lowest BCUT2D eigenvalue weighted by molar-refractivity contribution is -0.144. The van der Waals surface area contributed by atoms with E-state index in [1.807, 2.05) is 12.1 Å². The van der Waals surface area contributed by atoms with Crippen molar-refractivity contribution in [2.24, 2.45) is 0 Å². The van der Waals surface area contributed by atoms with Crippen molar-refractivity contribution in [3.8, 4) is 16.9 Å². The molecule has 0 radical (unpaired) electrons. The number of nitrogens with zero attached hydrogens (tertiary/aromatic N) is 1. The average molecular weight is 411 g/mol. The van der Waals surface area contributed by atoms with Gasteiger partial charge in [-0.1, -0.05) is 54.1 Å². The van der Waals surface area contributed by atoms with E-state index in [1.54, 1.807) is 48.5 Å². The number of pyridine rings is 1. The highest BCUT2D eigenvalue weighted by Gasteiger charge is 2.39. The number of nitrogens with one attached hydrogen (secondary N) is 1. The second-order valence-electron chi connectivity index (χ2n) is 6.46. The molecule has 6 nitrogen and oxygen atoms in total. The van der Waals surface area contributed by atoms with Crippen LogP contribution in [0.25, 0.3) is 11.1 Å². The molecule has 0 aliphatic rings. The fourth-order valence-electron chi connectivity index (χ4n) is 3.06. The van der Waals surface area contributed by atoms with Crippen LogP contribution < -0.4 is 10.1 Å². The molecule has 148 valence electrons. The minimum Gasteiger partial charge on any atom is -0.496 e. The Kier molecular flexibility index (Phi) is 5.84. The molecule has 2 aromatic carbocycles. The second kappa shape index (κ2) is 8.32. The van der Waals surface area contributed by atoms with Crippen molar-refractivity contribution < 1.29 is 19.4 Å². The third-order valence-corrected chi connectivity index (χ3v) is 4.95. The molecule has 0 saturated heterocycles. The second-order valence-corrected chi connectivity index (χ2v) is 6.87. The molecule has 1 heterocycles. The average Bonchev–Trinajstić information content (AvgIpc) is 2.73. The van der Waals surface area contributed by atoms with E-state index in [-0.39, 0.29) is 16.3 Å². The van der Waals surface area contributed by atoms with Gasteiger partial charge in [-0.15, -0.1) is 0 Å². The third-order valence-electron chi connectivity index (χ3n) is 4.62. The Labute approximate surface area is 173 Å². The molecule has 1 atom stereocenters. The molecule has 2 N–H and O–H groups in total. The Morgan fingerprint density at radius 3 is 2.38 bits per heavy atom. The molecular weight excluding hydrogens is 392 g/mol. The maximum absolute atomic E-state index is 13.1. The molecule has 0 aliphatic heterocycles. The van der Waals surface area contributed by atoms with Crippen LogP contribution in [-0.2, 0) is 10.3 Å². The first kappa shape index (κ1) is 20.4. The van der Waals surface area contributed by atoms with E-state index in [1.165, 1.54) is 20.2 Å². The van der Waals surface area contributed by atoms with E-state index in [0.29, 0.717) is 16.9 Å². The van der Waals surface area contributed by atoms with Crippen LogP contribution in [0.3, 0.4) is 0 Å². The maximum Gasteiger partial charge on any atom is 0.333 e. The molecule has 7 heteroatoms. The molecule has 0 spiro atoms. The number of halogens is 1. The summed E-state index contributed by atoms with van der Waals surface area (Å²) in [5.74, 6) is -1.31. The summed E-state index contributed by atoms with van der Waals surface area (Å²) in [6.07, 6.45) is 1.47. The van der Waals surface area contributed by atoms with Crippen LogP contribution in [0.2, 0.25) is 5.02 Å². The minimum absolute atomic E-state index is 0.0801. The fraction of sp³-hybridized carbons (Fsp3) is 0.136. The molecule has 0 unspecified atom stereocenters. The zero-order valence-corrected chi connectivity index (χ0v) is 16.6. The SMILES string of the molecule is COc1ccccc1-c1cccnc1C(=O)N[C@](C)(C(=O)O)c1ccccc1Cl. The smallest absolute Gasteiger partial charge is 0.333 e. The van der Waals surface area contributed by atoms with Crippen molar-refractivity contribution in [3.63, 3.8) is 0 Å². The van der Waals surface area contributed by atoms with Crippen molar-refractivity contribution in [1.29, 1.82) is 0 Å². The predicted octanol–water partition coefficient (Wildman–Crippen LogP) is 4.14. The van der Waals surface area contributed by atoms with Gasteiger partial charge in [0.05, 0.1) is 7.11 Å². The van der Waals surface area contributed by atoms with Gasteiger partial charge < -0.3 is 15.2 Å². The molecule has 3 aromatic rings. The van der Waals surface area contributed by atoms with Crippen LogP contribution in [-0.4, -0.2) is 29.1 Å². The Morgan fingerprint density at radius 2 is 1.69 bits per heavy atom. The lowest BCUT2D eigenvalue weighted by atomic mass is 9.91. The summed E-state index contributed by atoms with van der Waals surface area (Å²) in [4.78, 5) is 29.4. The molecule has 29 heavy (non-hydrogen) atoms. The Bertz CT molecular complexity index is 1070. The van der Waals surface area contributed by atoms with Crippen LogP contribution in [0.5, 0.6) is 5.75 Å². The van der Waals surface area contributed by atoms with Gasteiger partial charge in [0.15, 0.2) is 5.54 Å². The van der Waals surface area contributed by atoms with E-state index in [2.05, 4.69) is 10.3 Å². The van der Waals surface area contributed by atoms with Crippen molar-refractivity contribution in [2.75, 3.05) is 7.11 Å². The first-order valence-corrected chi connectivity index (χ1v) is 9.15. The van der Waals surface area contributed by atoms with Crippen LogP contribution in [0, 0.1) is 0 Å². The number of hydrogen-bond acceptors (Lipinski definition) is 4. The Morgan fingerprint density at radius 1 is 1.03 bits per heavy atom.